The Balaban J connectivity index is 1.57. The number of carbonyl (C=O) groups excluding carboxylic acids is 1. The van der Waals surface area contributed by atoms with E-state index in [4.69, 9.17) is 14.8 Å². The number of benzene rings is 1. The van der Waals surface area contributed by atoms with Gasteiger partial charge in [0.2, 0.25) is 5.91 Å². The van der Waals surface area contributed by atoms with Crippen LogP contribution >= 0.6 is 0 Å². The summed E-state index contributed by atoms with van der Waals surface area (Å²) < 4.78 is 7.52. The summed E-state index contributed by atoms with van der Waals surface area (Å²) in [5.74, 6) is 0.0666. The normalized spacial score (nSPS) is 16.2. The lowest BCUT2D eigenvalue weighted by Crippen LogP contribution is -2.31. The number of carbonyl (C=O) groups is 1. The Hall–Kier alpha value is -2.73. The zero-order chi connectivity index (χ0) is 22.1. The number of nitrogens with zero attached hydrogens (tertiary/aromatic N) is 3. The van der Waals surface area contributed by atoms with Crippen LogP contribution in [-0.2, 0) is 16.0 Å². The summed E-state index contributed by atoms with van der Waals surface area (Å²) >= 11 is 0. The van der Waals surface area contributed by atoms with Crippen molar-refractivity contribution in [2.75, 3.05) is 13.2 Å². The summed E-state index contributed by atoms with van der Waals surface area (Å²) in [5, 5.41) is 8.90. The van der Waals surface area contributed by atoms with E-state index in [0.29, 0.717) is 19.4 Å². The van der Waals surface area contributed by atoms with Gasteiger partial charge in [-0.3, -0.25) is 4.79 Å². The van der Waals surface area contributed by atoms with Crippen molar-refractivity contribution in [1.29, 1.82) is 0 Å². The molecule has 3 aromatic rings. The highest BCUT2D eigenvalue weighted by molar-refractivity contribution is 5.85. The third-order valence-corrected chi connectivity index (χ3v) is 6.46. The van der Waals surface area contributed by atoms with Crippen LogP contribution in [0.2, 0.25) is 0 Å². The molecule has 3 heterocycles. The molecule has 1 aromatic carbocycles. The van der Waals surface area contributed by atoms with Crippen molar-refractivity contribution >= 4 is 16.9 Å². The van der Waals surface area contributed by atoms with Crippen molar-refractivity contribution in [1.82, 2.24) is 20.1 Å². The summed E-state index contributed by atoms with van der Waals surface area (Å²) in [7, 11) is 0. The summed E-state index contributed by atoms with van der Waals surface area (Å²) in [4.78, 5) is 17.3. The average molecular weight is 421 g/mol. The summed E-state index contributed by atoms with van der Waals surface area (Å²) in [5.41, 5.74) is 8.63. The van der Waals surface area contributed by atoms with Crippen LogP contribution in [0.15, 0.2) is 18.2 Å². The minimum Gasteiger partial charge on any atom is -0.376 e. The van der Waals surface area contributed by atoms with E-state index >= 15 is 0 Å². The molecule has 1 atom stereocenters. The minimum absolute atomic E-state index is 0.0666. The van der Waals surface area contributed by atoms with Crippen LogP contribution in [0.5, 0.6) is 0 Å². The number of aromatic nitrogens is 3. The van der Waals surface area contributed by atoms with Gasteiger partial charge in [0, 0.05) is 30.7 Å². The highest BCUT2D eigenvalue weighted by atomic mass is 16.5. The molecule has 0 saturated carbocycles. The number of fused-ring (bicyclic) bond motifs is 1. The van der Waals surface area contributed by atoms with Gasteiger partial charge in [-0.05, 0) is 88.3 Å². The second-order valence-corrected chi connectivity index (χ2v) is 8.70. The van der Waals surface area contributed by atoms with Crippen molar-refractivity contribution in [3.8, 4) is 5.69 Å². The highest BCUT2D eigenvalue weighted by Crippen LogP contribution is 2.28. The van der Waals surface area contributed by atoms with Gasteiger partial charge in [-0.25, -0.2) is 9.67 Å². The summed E-state index contributed by atoms with van der Waals surface area (Å²) in [6, 6.07) is 6.36. The van der Waals surface area contributed by atoms with E-state index in [0.717, 1.165) is 53.1 Å². The van der Waals surface area contributed by atoms with Crippen LogP contribution in [-0.4, -0.2) is 39.9 Å². The molecule has 31 heavy (non-hydrogen) atoms. The van der Waals surface area contributed by atoms with Gasteiger partial charge < -0.3 is 10.1 Å². The molecular formula is C25H32N4O2. The monoisotopic (exact) mass is 420 g/mol. The fourth-order valence-electron chi connectivity index (χ4n) is 4.47. The number of nitrogens with one attached hydrogen (secondary N) is 1. The first-order valence-electron chi connectivity index (χ1n) is 11.2. The van der Waals surface area contributed by atoms with Crippen LogP contribution in [0.25, 0.3) is 16.7 Å². The first kappa shape index (κ1) is 21.5. The molecule has 1 fully saturated rings. The maximum absolute atomic E-state index is 12.4. The van der Waals surface area contributed by atoms with E-state index < -0.39 is 0 Å². The third-order valence-electron chi connectivity index (χ3n) is 6.46. The molecule has 164 valence electrons. The molecule has 1 aliphatic rings. The minimum atomic E-state index is 0.0666. The Kier molecular flexibility index (Phi) is 6.10. The molecular weight excluding hydrogens is 388 g/mol. The predicted octanol–water partition coefficient (Wildman–Crippen LogP) is 4.19. The number of amides is 1. The van der Waals surface area contributed by atoms with Gasteiger partial charge in [0.25, 0.3) is 0 Å². The first-order valence-corrected chi connectivity index (χ1v) is 11.2. The Labute approximate surface area is 184 Å². The van der Waals surface area contributed by atoms with Gasteiger partial charge >= 0.3 is 0 Å². The largest absolute Gasteiger partial charge is 0.376 e. The molecule has 0 radical (unpaired) electrons. The van der Waals surface area contributed by atoms with Gasteiger partial charge in [0.15, 0.2) is 5.65 Å². The van der Waals surface area contributed by atoms with Crippen LogP contribution in [0.1, 0.15) is 52.9 Å². The summed E-state index contributed by atoms with van der Waals surface area (Å²) in [6.45, 7) is 11.8. The number of ether oxygens (including phenoxy) is 1. The molecule has 0 spiro atoms. The number of rotatable bonds is 6. The van der Waals surface area contributed by atoms with Crippen molar-refractivity contribution in [3.05, 3.63) is 51.8 Å². The zero-order valence-electron chi connectivity index (χ0n) is 19.2. The van der Waals surface area contributed by atoms with E-state index in [1.807, 2.05) is 18.5 Å². The van der Waals surface area contributed by atoms with Gasteiger partial charge in [-0.2, -0.15) is 5.10 Å². The third kappa shape index (κ3) is 4.35. The quantitative estimate of drug-likeness (QED) is 0.649. The maximum Gasteiger partial charge on any atom is 0.220 e. The summed E-state index contributed by atoms with van der Waals surface area (Å²) in [6.07, 6.45) is 3.41. The Morgan fingerprint density at radius 1 is 1.16 bits per heavy atom. The molecule has 1 saturated heterocycles. The fraction of sp³-hybridized carbons (Fsp3) is 0.480. The van der Waals surface area contributed by atoms with E-state index in [1.165, 1.54) is 16.7 Å². The van der Waals surface area contributed by atoms with Gasteiger partial charge in [0.1, 0.15) is 0 Å². The topological polar surface area (TPSA) is 69.0 Å². The lowest BCUT2D eigenvalue weighted by atomic mass is 9.99. The van der Waals surface area contributed by atoms with Crippen LogP contribution in [0.4, 0.5) is 0 Å². The Bertz CT molecular complexity index is 1130. The molecule has 6 nitrogen and oxygen atoms in total. The number of pyridine rings is 1. The average Bonchev–Trinajstić information content (AvgIpc) is 3.36. The van der Waals surface area contributed by atoms with E-state index in [1.54, 1.807) is 0 Å². The highest BCUT2D eigenvalue weighted by Gasteiger charge is 2.19. The second-order valence-electron chi connectivity index (χ2n) is 8.70. The molecule has 0 aliphatic carbocycles. The molecule has 1 amide bonds. The van der Waals surface area contributed by atoms with E-state index in [9.17, 15) is 4.79 Å². The number of hydrogen-bond donors (Lipinski definition) is 1. The number of hydrogen-bond acceptors (Lipinski definition) is 4. The Morgan fingerprint density at radius 3 is 2.68 bits per heavy atom. The number of aryl methyl sites for hydroxylation is 5. The van der Waals surface area contributed by atoms with Crippen molar-refractivity contribution in [2.45, 2.75) is 66.4 Å². The smallest absolute Gasteiger partial charge is 0.220 e. The van der Waals surface area contributed by atoms with E-state index in [2.05, 4.69) is 44.3 Å². The van der Waals surface area contributed by atoms with Gasteiger partial charge in [-0.15, -0.1) is 0 Å². The van der Waals surface area contributed by atoms with E-state index in [-0.39, 0.29) is 12.0 Å². The maximum atomic E-state index is 12.4. The molecule has 4 rings (SSSR count). The Morgan fingerprint density at radius 2 is 1.97 bits per heavy atom. The fourth-order valence-corrected chi connectivity index (χ4v) is 4.47. The molecule has 1 unspecified atom stereocenters. The van der Waals surface area contributed by atoms with Crippen molar-refractivity contribution in [2.24, 2.45) is 0 Å². The lowest BCUT2D eigenvalue weighted by molar-refractivity contribution is -0.121. The van der Waals surface area contributed by atoms with Crippen molar-refractivity contribution < 1.29 is 9.53 Å². The lowest BCUT2D eigenvalue weighted by Gasteiger charge is -2.13. The van der Waals surface area contributed by atoms with Crippen molar-refractivity contribution in [3.63, 3.8) is 0 Å². The van der Waals surface area contributed by atoms with Gasteiger partial charge in [0.05, 0.1) is 17.5 Å². The van der Waals surface area contributed by atoms with Crippen LogP contribution < -0.4 is 5.32 Å². The first-order chi connectivity index (χ1) is 14.8. The second kappa shape index (κ2) is 8.79. The van der Waals surface area contributed by atoms with Gasteiger partial charge in [-0.1, -0.05) is 6.07 Å². The van der Waals surface area contributed by atoms with Crippen LogP contribution in [0, 0.1) is 34.6 Å². The SMILES string of the molecule is Cc1ccc(-n2nc(C)c3c(C)c(CCC(=O)NCC4CCCO4)c(C)nc32)cc1C. The molecule has 0 bridgehead atoms. The molecule has 2 aromatic heterocycles. The van der Waals surface area contributed by atoms with Crippen LogP contribution in [0.3, 0.4) is 0 Å². The predicted molar refractivity (Wildman–Crippen MR) is 123 cm³/mol. The molecule has 1 N–H and O–H groups in total. The standard InChI is InChI=1S/C25H32N4O2/c1-15-8-9-20(13-16(15)2)29-25-24(19(5)28-29)17(3)22(18(4)27-25)10-11-23(30)26-14-21-7-6-12-31-21/h8-9,13,21H,6-7,10-12,14H2,1-5H3,(H,26,30). The molecule has 6 heteroatoms. The molecule has 1 aliphatic heterocycles. The zero-order valence-corrected chi connectivity index (χ0v) is 19.2.